The Morgan fingerprint density at radius 2 is 1.84 bits per heavy atom. The summed E-state index contributed by atoms with van der Waals surface area (Å²) in [5.74, 6) is -0.233. The van der Waals surface area contributed by atoms with Crippen LogP contribution in [0.15, 0.2) is 47.4 Å². The Balaban J connectivity index is 1.73. The summed E-state index contributed by atoms with van der Waals surface area (Å²) in [6, 6.07) is 11.6. The molecule has 0 bridgehead atoms. The topological polar surface area (TPSA) is 95.9 Å². The number of aromatic hydroxyl groups is 1. The number of ether oxygens (including phenoxy) is 1. The van der Waals surface area contributed by atoms with Gasteiger partial charge in [0.2, 0.25) is 0 Å². The maximum Gasteiger partial charge on any atom is 0.305 e. The van der Waals surface area contributed by atoms with Crippen molar-refractivity contribution in [2.75, 3.05) is 24.5 Å². The van der Waals surface area contributed by atoms with Crippen LogP contribution in [0.25, 0.3) is 0 Å². The maximum atomic E-state index is 13.2. The van der Waals surface area contributed by atoms with Gasteiger partial charge in [0.1, 0.15) is 5.75 Å². The third-order valence-electron chi connectivity index (χ3n) is 5.50. The average Bonchev–Trinajstić information content (AvgIpc) is 2.81. The number of carbonyl (C=O) groups excluding carboxylic acids is 1. The lowest BCUT2D eigenvalue weighted by molar-refractivity contribution is -0.143. The fraction of sp³-hybridized carbons (Fsp3) is 0.435. The van der Waals surface area contributed by atoms with E-state index in [9.17, 15) is 18.3 Å². The number of nitrogens with zero attached hydrogens (tertiary/aromatic N) is 1. The molecule has 1 heterocycles. The molecule has 31 heavy (non-hydrogen) atoms. The highest BCUT2D eigenvalue weighted by Gasteiger charge is 2.34. The molecule has 0 aliphatic carbocycles. The summed E-state index contributed by atoms with van der Waals surface area (Å²) in [7, 11) is -2.26. The first kappa shape index (κ1) is 23.1. The highest BCUT2D eigenvalue weighted by atomic mass is 32.2. The van der Waals surface area contributed by atoms with Crippen LogP contribution in [0.5, 0.6) is 5.75 Å². The molecule has 2 aromatic rings. The second-order valence-corrected chi connectivity index (χ2v) is 9.55. The molecule has 0 spiro atoms. The summed E-state index contributed by atoms with van der Waals surface area (Å²) >= 11 is 0. The molecule has 2 N–H and O–H groups in total. The number of hydrogen-bond donors (Lipinski definition) is 2. The van der Waals surface area contributed by atoms with Crippen molar-refractivity contribution < 1.29 is 23.1 Å². The molecule has 0 amide bonds. The fourth-order valence-electron chi connectivity index (χ4n) is 3.90. The van der Waals surface area contributed by atoms with E-state index in [4.69, 9.17) is 4.74 Å². The van der Waals surface area contributed by atoms with Gasteiger partial charge in [0.25, 0.3) is 10.0 Å². The summed E-state index contributed by atoms with van der Waals surface area (Å²) in [5, 5.41) is 13.4. The molecular weight excluding hydrogens is 416 g/mol. The number of hydrogen-bond acceptors (Lipinski definition) is 6. The van der Waals surface area contributed by atoms with Gasteiger partial charge in [-0.05, 0) is 49.6 Å². The summed E-state index contributed by atoms with van der Waals surface area (Å²) in [5.41, 5.74) is 2.11. The molecule has 1 unspecified atom stereocenters. The first-order valence-corrected chi connectivity index (χ1v) is 12.1. The van der Waals surface area contributed by atoms with Crippen LogP contribution in [-0.4, -0.2) is 39.7 Å². The van der Waals surface area contributed by atoms with Crippen LogP contribution in [0.3, 0.4) is 0 Å². The van der Waals surface area contributed by atoms with Gasteiger partial charge in [0.05, 0.1) is 23.2 Å². The Morgan fingerprint density at radius 3 is 2.61 bits per heavy atom. The number of rotatable bonds is 9. The van der Waals surface area contributed by atoms with E-state index in [2.05, 4.69) is 5.32 Å². The minimum absolute atomic E-state index is 0.0815. The minimum atomic E-state index is -3.79. The summed E-state index contributed by atoms with van der Waals surface area (Å²) in [6.45, 7) is 2.91. The molecular formula is C23H30N2O5S. The minimum Gasteiger partial charge on any atom is -0.508 e. The molecule has 1 atom stereocenters. The van der Waals surface area contributed by atoms with Crippen molar-refractivity contribution in [3.8, 4) is 5.75 Å². The number of unbranched alkanes of at least 4 members (excludes halogenated alkanes) is 3. The van der Waals surface area contributed by atoms with Crippen LogP contribution in [0.1, 0.15) is 56.2 Å². The van der Waals surface area contributed by atoms with E-state index >= 15 is 0 Å². The molecule has 168 valence electrons. The van der Waals surface area contributed by atoms with Crippen LogP contribution >= 0.6 is 0 Å². The number of benzene rings is 2. The van der Waals surface area contributed by atoms with Gasteiger partial charge in [-0.15, -0.1) is 0 Å². The zero-order chi connectivity index (χ0) is 22.4. The van der Waals surface area contributed by atoms with E-state index in [1.807, 2.05) is 18.2 Å². The molecule has 2 aromatic carbocycles. The van der Waals surface area contributed by atoms with Crippen molar-refractivity contribution in [1.29, 1.82) is 0 Å². The second kappa shape index (κ2) is 10.2. The highest BCUT2D eigenvalue weighted by Crippen LogP contribution is 2.40. The lowest BCUT2D eigenvalue weighted by Crippen LogP contribution is -2.26. The third kappa shape index (κ3) is 5.19. The zero-order valence-electron chi connectivity index (χ0n) is 18.0. The lowest BCUT2D eigenvalue weighted by Gasteiger charge is -2.22. The van der Waals surface area contributed by atoms with Crippen molar-refractivity contribution in [2.45, 2.75) is 50.0 Å². The fourth-order valence-corrected chi connectivity index (χ4v) is 5.37. The molecule has 0 fully saturated rings. The maximum absolute atomic E-state index is 13.2. The van der Waals surface area contributed by atoms with E-state index < -0.39 is 10.0 Å². The summed E-state index contributed by atoms with van der Waals surface area (Å²) in [4.78, 5) is 11.5. The molecule has 0 saturated carbocycles. The van der Waals surface area contributed by atoms with Gasteiger partial charge in [-0.2, -0.15) is 0 Å². The molecule has 3 rings (SSSR count). The number of nitrogens with one attached hydrogen (secondary N) is 1. The van der Waals surface area contributed by atoms with Crippen LogP contribution in [0.2, 0.25) is 0 Å². The van der Waals surface area contributed by atoms with Crippen molar-refractivity contribution in [3.05, 3.63) is 53.6 Å². The largest absolute Gasteiger partial charge is 0.508 e. The number of carbonyl (C=O) groups is 1. The predicted octanol–water partition coefficient (Wildman–Crippen LogP) is 3.72. The van der Waals surface area contributed by atoms with Gasteiger partial charge in [-0.25, -0.2) is 8.42 Å². The molecule has 1 aliphatic rings. The SMILES string of the molecule is CCOC(=O)CCCCCCNC1c2ccccc2N(C)S(=O)(=O)c2cc(O)ccc21. The van der Waals surface area contributed by atoms with Crippen LogP contribution in [-0.2, 0) is 19.6 Å². The van der Waals surface area contributed by atoms with E-state index in [1.54, 1.807) is 19.1 Å². The zero-order valence-corrected chi connectivity index (χ0v) is 18.8. The Labute approximate surface area is 184 Å². The number of phenols is 1. The van der Waals surface area contributed by atoms with E-state index in [0.717, 1.165) is 31.2 Å². The van der Waals surface area contributed by atoms with Gasteiger partial charge in [-0.3, -0.25) is 9.10 Å². The van der Waals surface area contributed by atoms with Gasteiger partial charge < -0.3 is 15.2 Å². The van der Waals surface area contributed by atoms with Crippen molar-refractivity contribution >= 4 is 21.7 Å². The molecule has 1 aliphatic heterocycles. The first-order valence-electron chi connectivity index (χ1n) is 10.7. The number of phenolic OH excluding ortho intramolecular Hbond substituents is 1. The highest BCUT2D eigenvalue weighted by molar-refractivity contribution is 7.92. The van der Waals surface area contributed by atoms with E-state index in [1.165, 1.54) is 23.5 Å². The number of fused-ring (bicyclic) bond motifs is 2. The molecule has 0 aromatic heterocycles. The number of sulfonamides is 1. The summed E-state index contributed by atoms with van der Waals surface area (Å²) in [6.07, 6.45) is 4.04. The Morgan fingerprint density at radius 1 is 1.10 bits per heavy atom. The number of para-hydroxylation sites is 1. The smallest absolute Gasteiger partial charge is 0.305 e. The Hall–Kier alpha value is -2.58. The molecule has 7 nitrogen and oxygen atoms in total. The van der Waals surface area contributed by atoms with Crippen LogP contribution in [0, 0.1) is 0 Å². The average molecular weight is 447 g/mol. The van der Waals surface area contributed by atoms with Gasteiger partial charge in [0.15, 0.2) is 0 Å². The Kier molecular flexibility index (Phi) is 7.56. The molecule has 0 radical (unpaired) electrons. The normalized spacial score (nSPS) is 16.8. The number of anilines is 1. The standard InChI is InChI=1S/C23H30N2O5S/c1-3-30-22(27)12-6-4-5-9-15-24-23-18-10-7-8-11-20(18)25(2)31(28,29)21-16-17(26)13-14-19(21)23/h7-8,10-11,13-14,16,23-24,26H,3-6,9,12,15H2,1-2H3. The van der Waals surface area contributed by atoms with E-state index in [-0.39, 0.29) is 22.7 Å². The van der Waals surface area contributed by atoms with Gasteiger partial charge in [-0.1, -0.05) is 37.1 Å². The lowest BCUT2D eigenvalue weighted by atomic mass is 9.96. The summed E-state index contributed by atoms with van der Waals surface area (Å²) < 4.78 is 32.6. The van der Waals surface area contributed by atoms with Gasteiger partial charge >= 0.3 is 5.97 Å². The Bertz CT molecular complexity index is 1020. The van der Waals surface area contributed by atoms with E-state index in [0.29, 0.717) is 30.8 Å². The predicted molar refractivity (Wildman–Crippen MR) is 120 cm³/mol. The third-order valence-corrected chi connectivity index (χ3v) is 7.32. The van der Waals surface area contributed by atoms with Crippen LogP contribution < -0.4 is 9.62 Å². The molecule has 0 saturated heterocycles. The van der Waals surface area contributed by atoms with Crippen LogP contribution in [0.4, 0.5) is 5.69 Å². The van der Waals surface area contributed by atoms with Crippen molar-refractivity contribution in [3.63, 3.8) is 0 Å². The van der Waals surface area contributed by atoms with Crippen molar-refractivity contribution in [2.24, 2.45) is 0 Å². The monoisotopic (exact) mass is 446 g/mol. The second-order valence-electron chi connectivity index (χ2n) is 7.61. The number of esters is 1. The quantitative estimate of drug-likeness (QED) is 0.450. The first-order chi connectivity index (χ1) is 14.9. The molecule has 8 heteroatoms. The van der Waals surface area contributed by atoms with Crippen molar-refractivity contribution in [1.82, 2.24) is 5.32 Å². The van der Waals surface area contributed by atoms with Gasteiger partial charge in [0, 0.05) is 19.5 Å².